The first-order valence-corrected chi connectivity index (χ1v) is 7.54. The van der Waals surface area contributed by atoms with Gasteiger partial charge in [0.15, 0.2) is 0 Å². The summed E-state index contributed by atoms with van der Waals surface area (Å²) in [4.78, 5) is 13.2. The van der Waals surface area contributed by atoms with Crippen molar-refractivity contribution in [3.8, 4) is 0 Å². The van der Waals surface area contributed by atoms with Gasteiger partial charge in [0.05, 0.1) is 32.0 Å². The number of aliphatic hydroxyl groups excluding tert-OH is 1. The van der Waals surface area contributed by atoms with E-state index in [1.54, 1.807) is 7.11 Å². The van der Waals surface area contributed by atoms with Crippen LogP contribution >= 0.6 is 0 Å². The number of nitrogens with one attached hydrogen (secondary N) is 1. The first-order valence-electron chi connectivity index (χ1n) is 7.54. The average molecular weight is 303 g/mol. The second-order valence-corrected chi connectivity index (χ2v) is 5.63. The topological polar surface area (TPSA) is 97.1 Å². The lowest BCUT2D eigenvalue weighted by atomic mass is 10.0. The van der Waals surface area contributed by atoms with Crippen molar-refractivity contribution in [3.05, 3.63) is 0 Å². The molecule has 0 aromatic rings. The third-order valence-corrected chi connectivity index (χ3v) is 3.60. The molecule has 2 unspecified atom stereocenters. The molecule has 0 aliphatic carbocycles. The number of aliphatic hydroxyl groups is 1. The second kappa shape index (κ2) is 10.1. The maximum atomic E-state index is 11.2. The third kappa shape index (κ3) is 7.73. The molecule has 1 saturated heterocycles. The van der Waals surface area contributed by atoms with Gasteiger partial charge in [-0.3, -0.25) is 9.69 Å². The predicted molar refractivity (Wildman–Crippen MR) is 80.0 cm³/mol. The molecule has 2 atom stereocenters. The summed E-state index contributed by atoms with van der Waals surface area (Å²) in [5, 5.41) is 13.4. The molecule has 1 aliphatic rings. The van der Waals surface area contributed by atoms with Crippen LogP contribution in [-0.2, 0) is 14.3 Å². The van der Waals surface area contributed by atoms with Gasteiger partial charge in [0.25, 0.3) is 0 Å². The van der Waals surface area contributed by atoms with Crippen LogP contribution in [-0.4, -0.2) is 80.7 Å². The van der Waals surface area contributed by atoms with Crippen molar-refractivity contribution in [1.29, 1.82) is 0 Å². The monoisotopic (exact) mass is 303 g/mol. The van der Waals surface area contributed by atoms with Crippen LogP contribution in [0.1, 0.15) is 19.8 Å². The summed E-state index contributed by atoms with van der Waals surface area (Å²) in [7, 11) is 1.61. The summed E-state index contributed by atoms with van der Waals surface area (Å²) in [6.45, 7) is 5.04. The number of rotatable bonds is 10. The zero-order chi connectivity index (χ0) is 15.7. The fourth-order valence-corrected chi connectivity index (χ4v) is 2.60. The van der Waals surface area contributed by atoms with E-state index in [9.17, 15) is 9.90 Å². The van der Waals surface area contributed by atoms with Crippen LogP contribution < -0.4 is 11.1 Å². The summed E-state index contributed by atoms with van der Waals surface area (Å²) in [5.74, 6) is -0.366. The quantitative estimate of drug-likeness (QED) is 0.476. The SMILES string of the molecule is COCC(C)OCC(O)CN(CC(N)=O)C1CCNCC1. The van der Waals surface area contributed by atoms with Gasteiger partial charge < -0.3 is 25.6 Å². The number of nitrogens with zero attached hydrogens (tertiary/aromatic N) is 1. The minimum Gasteiger partial charge on any atom is -0.389 e. The van der Waals surface area contributed by atoms with E-state index >= 15 is 0 Å². The van der Waals surface area contributed by atoms with E-state index in [-0.39, 0.29) is 31.2 Å². The van der Waals surface area contributed by atoms with Crippen LogP contribution in [0.3, 0.4) is 0 Å². The van der Waals surface area contributed by atoms with Gasteiger partial charge in [0.2, 0.25) is 5.91 Å². The van der Waals surface area contributed by atoms with Gasteiger partial charge in [0.1, 0.15) is 0 Å². The molecular formula is C14H29N3O4. The lowest BCUT2D eigenvalue weighted by molar-refractivity contribution is -0.120. The van der Waals surface area contributed by atoms with E-state index in [1.807, 2.05) is 11.8 Å². The number of amides is 1. The molecule has 7 nitrogen and oxygen atoms in total. The minimum atomic E-state index is -0.640. The molecule has 0 saturated carbocycles. The highest BCUT2D eigenvalue weighted by molar-refractivity contribution is 5.75. The van der Waals surface area contributed by atoms with E-state index in [0.717, 1.165) is 25.9 Å². The number of carbonyl (C=O) groups excluding carboxylic acids is 1. The van der Waals surface area contributed by atoms with Gasteiger partial charge in [0, 0.05) is 19.7 Å². The number of hydrogen-bond donors (Lipinski definition) is 3. The van der Waals surface area contributed by atoms with Gasteiger partial charge in [-0.1, -0.05) is 0 Å². The Morgan fingerprint density at radius 1 is 1.43 bits per heavy atom. The smallest absolute Gasteiger partial charge is 0.231 e. The highest BCUT2D eigenvalue weighted by Gasteiger charge is 2.24. The first kappa shape index (κ1) is 18.3. The molecule has 1 amide bonds. The van der Waals surface area contributed by atoms with Crippen molar-refractivity contribution in [2.75, 3.05) is 46.5 Å². The van der Waals surface area contributed by atoms with Crippen molar-refractivity contribution in [2.24, 2.45) is 5.73 Å². The fraction of sp³-hybridized carbons (Fsp3) is 0.929. The summed E-state index contributed by atoms with van der Waals surface area (Å²) >= 11 is 0. The molecule has 0 radical (unpaired) electrons. The number of nitrogens with two attached hydrogens (primary N) is 1. The van der Waals surface area contributed by atoms with Crippen LogP contribution in [0.2, 0.25) is 0 Å². The number of piperidine rings is 1. The zero-order valence-electron chi connectivity index (χ0n) is 13.1. The lowest BCUT2D eigenvalue weighted by Gasteiger charge is -2.35. The van der Waals surface area contributed by atoms with Crippen LogP contribution in [0.5, 0.6) is 0 Å². The molecule has 0 spiro atoms. The van der Waals surface area contributed by atoms with Gasteiger partial charge in [-0.05, 0) is 32.9 Å². The van der Waals surface area contributed by atoms with E-state index in [1.165, 1.54) is 0 Å². The molecule has 0 aromatic carbocycles. The highest BCUT2D eigenvalue weighted by Crippen LogP contribution is 2.12. The molecular weight excluding hydrogens is 274 g/mol. The number of primary amides is 1. The number of ether oxygens (including phenoxy) is 2. The largest absolute Gasteiger partial charge is 0.389 e. The molecule has 0 aromatic heterocycles. The zero-order valence-corrected chi connectivity index (χ0v) is 13.1. The lowest BCUT2D eigenvalue weighted by Crippen LogP contribution is -2.49. The Hall–Kier alpha value is -0.730. The Morgan fingerprint density at radius 3 is 2.67 bits per heavy atom. The van der Waals surface area contributed by atoms with E-state index in [0.29, 0.717) is 13.2 Å². The highest BCUT2D eigenvalue weighted by atomic mass is 16.5. The maximum absolute atomic E-state index is 11.2. The Kier molecular flexibility index (Phi) is 8.79. The van der Waals surface area contributed by atoms with E-state index in [2.05, 4.69) is 5.32 Å². The summed E-state index contributed by atoms with van der Waals surface area (Å²) in [5.41, 5.74) is 5.31. The standard InChI is InChI=1S/C14H29N3O4/c1-11(9-20-2)21-10-13(18)7-17(8-14(15)19)12-3-5-16-6-4-12/h11-13,16,18H,3-10H2,1-2H3,(H2,15,19). The van der Waals surface area contributed by atoms with E-state index < -0.39 is 6.10 Å². The normalized spacial score (nSPS) is 19.6. The van der Waals surface area contributed by atoms with Crippen LogP contribution in [0.15, 0.2) is 0 Å². The Morgan fingerprint density at radius 2 is 2.10 bits per heavy atom. The van der Waals surface area contributed by atoms with Gasteiger partial charge in [-0.25, -0.2) is 0 Å². The van der Waals surface area contributed by atoms with E-state index in [4.69, 9.17) is 15.2 Å². The first-order chi connectivity index (χ1) is 10.0. The Balaban J connectivity index is 2.41. The third-order valence-electron chi connectivity index (χ3n) is 3.60. The maximum Gasteiger partial charge on any atom is 0.231 e. The molecule has 21 heavy (non-hydrogen) atoms. The Labute approximate surface area is 126 Å². The van der Waals surface area contributed by atoms with Crippen molar-refractivity contribution in [3.63, 3.8) is 0 Å². The Bertz CT molecular complexity index is 298. The van der Waals surface area contributed by atoms with Crippen molar-refractivity contribution in [2.45, 2.75) is 38.0 Å². The average Bonchev–Trinajstić information content (AvgIpc) is 2.45. The summed E-state index contributed by atoms with van der Waals surface area (Å²) in [6, 6.07) is 0.282. The molecule has 1 fully saturated rings. The van der Waals surface area contributed by atoms with Crippen molar-refractivity contribution < 1.29 is 19.4 Å². The predicted octanol–water partition coefficient (Wildman–Crippen LogP) is -1.06. The molecule has 124 valence electrons. The molecule has 0 bridgehead atoms. The number of methoxy groups -OCH3 is 1. The minimum absolute atomic E-state index is 0.0619. The molecule has 4 N–H and O–H groups in total. The van der Waals surface area contributed by atoms with Crippen LogP contribution in [0.4, 0.5) is 0 Å². The molecule has 1 aliphatic heterocycles. The van der Waals surface area contributed by atoms with Gasteiger partial charge in [-0.2, -0.15) is 0 Å². The van der Waals surface area contributed by atoms with Crippen molar-refractivity contribution in [1.82, 2.24) is 10.2 Å². The molecule has 1 heterocycles. The molecule has 1 rings (SSSR count). The fourth-order valence-electron chi connectivity index (χ4n) is 2.60. The summed E-state index contributed by atoms with van der Waals surface area (Å²) in [6.07, 6.45) is 1.22. The number of hydrogen-bond acceptors (Lipinski definition) is 6. The molecule has 7 heteroatoms. The number of carbonyl (C=O) groups is 1. The second-order valence-electron chi connectivity index (χ2n) is 5.63. The van der Waals surface area contributed by atoms with Crippen LogP contribution in [0.25, 0.3) is 0 Å². The van der Waals surface area contributed by atoms with Crippen molar-refractivity contribution >= 4 is 5.91 Å². The van der Waals surface area contributed by atoms with Gasteiger partial charge >= 0.3 is 0 Å². The van der Waals surface area contributed by atoms with Crippen LogP contribution in [0, 0.1) is 0 Å². The summed E-state index contributed by atoms with van der Waals surface area (Å²) < 4.78 is 10.5. The van der Waals surface area contributed by atoms with Gasteiger partial charge in [-0.15, -0.1) is 0 Å².